The van der Waals surface area contributed by atoms with Gasteiger partial charge in [-0.05, 0) is 36.8 Å². The topological polar surface area (TPSA) is 116 Å². The van der Waals surface area contributed by atoms with Gasteiger partial charge in [0.25, 0.3) is 0 Å². The van der Waals surface area contributed by atoms with Crippen molar-refractivity contribution in [3.63, 3.8) is 0 Å². The Kier molecular flexibility index (Phi) is 6.61. The zero-order chi connectivity index (χ0) is 18.2. The van der Waals surface area contributed by atoms with Crippen LogP contribution in [0.2, 0.25) is 0 Å². The van der Waals surface area contributed by atoms with Crippen molar-refractivity contribution < 1.29 is 10.2 Å². The average Bonchev–Trinajstić information content (AvgIpc) is 2.95. The monoisotopic (exact) mass is 355 g/mol. The van der Waals surface area contributed by atoms with E-state index in [2.05, 4.69) is 22.4 Å². The minimum atomic E-state index is -0.00263. The maximum absolute atomic E-state index is 9.20. The fourth-order valence-corrected chi connectivity index (χ4v) is 3.13. The molecule has 0 amide bonds. The summed E-state index contributed by atoms with van der Waals surface area (Å²) in [7, 11) is 0. The minimum absolute atomic E-state index is 0.00263. The molecule has 1 aromatic carbocycles. The Labute approximate surface area is 149 Å². The van der Waals surface area contributed by atoms with E-state index in [-0.39, 0.29) is 13.2 Å². The number of aliphatic hydroxyl groups excluding tert-OH is 2. The smallest absolute Gasteiger partial charge is 0.158 e. The molecule has 1 aromatic heterocycles. The third-order valence-corrected chi connectivity index (χ3v) is 4.63. The maximum Gasteiger partial charge on any atom is 0.158 e. The number of anilines is 1. The molecule has 25 heavy (non-hydrogen) atoms. The predicted octanol–water partition coefficient (Wildman–Crippen LogP) is 3.01. The molecule has 0 bridgehead atoms. The fraction of sp³-hybridized carbons (Fsp3) is 0.294. The molecular weight excluding hydrogens is 338 g/mol. The lowest BCUT2D eigenvalue weighted by Gasteiger charge is -2.22. The number of nitriles is 2. The van der Waals surface area contributed by atoms with Crippen LogP contribution < -0.4 is 4.90 Å². The molecule has 0 aliphatic heterocycles. The van der Waals surface area contributed by atoms with Gasteiger partial charge in [0.15, 0.2) is 5.00 Å². The normalized spacial score (nSPS) is 10.6. The second-order valence-electron chi connectivity index (χ2n) is 5.11. The van der Waals surface area contributed by atoms with Crippen molar-refractivity contribution in [2.75, 3.05) is 31.2 Å². The zero-order valence-electron chi connectivity index (χ0n) is 13.7. The van der Waals surface area contributed by atoms with Gasteiger partial charge in [-0.15, -0.1) is 21.6 Å². The molecule has 2 N–H and O–H groups in total. The van der Waals surface area contributed by atoms with E-state index in [9.17, 15) is 5.26 Å². The van der Waals surface area contributed by atoms with Crippen LogP contribution in [-0.4, -0.2) is 36.5 Å². The zero-order valence-corrected chi connectivity index (χ0v) is 14.5. The highest BCUT2D eigenvalue weighted by Gasteiger charge is 2.14. The molecule has 0 radical (unpaired) electrons. The van der Waals surface area contributed by atoms with Crippen LogP contribution in [-0.2, 0) is 0 Å². The van der Waals surface area contributed by atoms with E-state index in [0.29, 0.717) is 39.8 Å². The lowest BCUT2D eigenvalue weighted by molar-refractivity contribution is 0.281. The van der Waals surface area contributed by atoms with Gasteiger partial charge in [-0.3, -0.25) is 0 Å². The van der Waals surface area contributed by atoms with E-state index >= 15 is 0 Å². The maximum atomic E-state index is 9.20. The van der Waals surface area contributed by atoms with Gasteiger partial charge >= 0.3 is 0 Å². The summed E-state index contributed by atoms with van der Waals surface area (Å²) in [6.07, 6.45) is 0. The van der Waals surface area contributed by atoms with E-state index in [1.807, 2.05) is 17.0 Å². The molecule has 0 unspecified atom stereocenters. The van der Waals surface area contributed by atoms with Crippen molar-refractivity contribution in [2.45, 2.75) is 6.92 Å². The molecule has 0 saturated carbocycles. The van der Waals surface area contributed by atoms with Crippen LogP contribution >= 0.6 is 11.3 Å². The molecular formula is C17H17N5O2S. The van der Waals surface area contributed by atoms with Gasteiger partial charge in [0.1, 0.15) is 17.0 Å². The molecule has 0 aliphatic carbocycles. The first kappa shape index (κ1) is 18.6. The van der Waals surface area contributed by atoms with Gasteiger partial charge in [0.05, 0.1) is 24.5 Å². The second kappa shape index (κ2) is 8.90. The molecule has 0 saturated heterocycles. The van der Waals surface area contributed by atoms with Crippen molar-refractivity contribution in [3.8, 4) is 12.1 Å². The lowest BCUT2D eigenvalue weighted by atomic mass is 10.2. The highest BCUT2D eigenvalue weighted by Crippen LogP contribution is 2.35. The average molecular weight is 355 g/mol. The van der Waals surface area contributed by atoms with Gasteiger partial charge in [0.2, 0.25) is 0 Å². The van der Waals surface area contributed by atoms with Gasteiger partial charge in [-0.2, -0.15) is 10.5 Å². The summed E-state index contributed by atoms with van der Waals surface area (Å²) < 4.78 is 0. The summed E-state index contributed by atoms with van der Waals surface area (Å²) in [6, 6.07) is 11.3. The number of rotatable bonds is 7. The molecule has 8 heteroatoms. The number of azo groups is 1. The Morgan fingerprint density at radius 1 is 1.04 bits per heavy atom. The molecule has 2 rings (SSSR count). The summed E-state index contributed by atoms with van der Waals surface area (Å²) in [5.74, 6) is 0. The van der Waals surface area contributed by atoms with E-state index in [4.69, 9.17) is 15.5 Å². The molecule has 2 aromatic rings. The number of nitrogens with zero attached hydrogens (tertiary/aromatic N) is 5. The van der Waals surface area contributed by atoms with Gasteiger partial charge < -0.3 is 15.1 Å². The highest BCUT2D eigenvalue weighted by atomic mass is 32.1. The van der Waals surface area contributed by atoms with Crippen molar-refractivity contribution >= 4 is 27.7 Å². The molecule has 0 spiro atoms. The molecule has 0 fully saturated rings. The fourth-order valence-electron chi connectivity index (χ4n) is 2.25. The van der Waals surface area contributed by atoms with E-state index < -0.39 is 0 Å². The van der Waals surface area contributed by atoms with E-state index in [1.54, 1.807) is 19.1 Å². The van der Waals surface area contributed by atoms with Gasteiger partial charge in [-0.1, -0.05) is 0 Å². The molecule has 7 nitrogen and oxygen atoms in total. The van der Waals surface area contributed by atoms with E-state index in [1.165, 1.54) is 0 Å². The van der Waals surface area contributed by atoms with Crippen LogP contribution in [0.1, 0.15) is 16.0 Å². The predicted molar refractivity (Wildman–Crippen MR) is 95.5 cm³/mol. The summed E-state index contributed by atoms with van der Waals surface area (Å²) in [4.78, 5) is 2.32. The highest BCUT2D eigenvalue weighted by molar-refractivity contribution is 7.16. The first-order valence-corrected chi connectivity index (χ1v) is 8.38. The largest absolute Gasteiger partial charge is 0.395 e. The van der Waals surface area contributed by atoms with Crippen molar-refractivity contribution in [2.24, 2.45) is 10.2 Å². The van der Waals surface area contributed by atoms with Crippen LogP contribution in [0.4, 0.5) is 16.4 Å². The molecule has 128 valence electrons. The van der Waals surface area contributed by atoms with Crippen LogP contribution in [0.15, 0.2) is 34.5 Å². The summed E-state index contributed by atoms with van der Waals surface area (Å²) in [5, 5.41) is 45.0. The van der Waals surface area contributed by atoms with Crippen molar-refractivity contribution in [1.29, 1.82) is 10.5 Å². The SMILES string of the molecule is Cc1c(C#N)sc(N=Nc2ccc(N(CCO)CCO)cc2)c1C#N. The molecule has 0 atom stereocenters. The summed E-state index contributed by atoms with van der Waals surface area (Å²) in [5.41, 5.74) is 2.46. The Balaban J connectivity index is 2.20. The van der Waals surface area contributed by atoms with Gasteiger partial charge in [0, 0.05) is 18.8 Å². The standard InChI is InChI=1S/C17H17N5O2S/c1-12-15(10-18)17(25-16(12)11-19)21-20-13-2-4-14(5-3-13)22(6-8-23)7-9-24/h2-5,23-24H,6-9H2,1H3. The lowest BCUT2D eigenvalue weighted by Crippen LogP contribution is -2.29. The Hall–Kier alpha value is -2.78. The third kappa shape index (κ3) is 4.40. The Morgan fingerprint density at radius 2 is 1.68 bits per heavy atom. The number of aliphatic hydroxyl groups is 2. The minimum Gasteiger partial charge on any atom is -0.395 e. The van der Waals surface area contributed by atoms with Crippen LogP contribution in [0.5, 0.6) is 0 Å². The first-order chi connectivity index (χ1) is 12.1. The van der Waals surface area contributed by atoms with E-state index in [0.717, 1.165) is 17.0 Å². The summed E-state index contributed by atoms with van der Waals surface area (Å²) >= 11 is 1.14. The van der Waals surface area contributed by atoms with Crippen LogP contribution in [0.3, 0.4) is 0 Å². The molecule has 0 aliphatic rings. The van der Waals surface area contributed by atoms with Crippen LogP contribution in [0, 0.1) is 29.6 Å². The first-order valence-electron chi connectivity index (χ1n) is 7.56. The Morgan fingerprint density at radius 3 is 2.20 bits per heavy atom. The Bertz CT molecular complexity index is 824. The second-order valence-corrected chi connectivity index (χ2v) is 6.11. The number of thiophene rings is 1. The third-order valence-electron chi connectivity index (χ3n) is 3.55. The van der Waals surface area contributed by atoms with Crippen molar-refractivity contribution in [3.05, 3.63) is 40.3 Å². The summed E-state index contributed by atoms with van der Waals surface area (Å²) in [6.45, 7) is 2.57. The number of hydrogen-bond acceptors (Lipinski definition) is 8. The van der Waals surface area contributed by atoms with Gasteiger partial charge in [-0.25, -0.2) is 0 Å². The molecule has 1 heterocycles. The number of benzene rings is 1. The van der Waals surface area contributed by atoms with Crippen LogP contribution in [0.25, 0.3) is 0 Å². The van der Waals surface area contributed by atoms with Crippen molar-refractivity contribution in [1.82, 2.24) is 0 Å². The number of hydrogen-bond donors (Lipinski definition) is 2. The quantitative estimate of drug-likeness (QED) is 0.741.